The molecule has 0 aromatic heterocycles. The van der Waals surface area contributed by atoms with Gasteiger partial charge in [-0.3, -0.25) is 31.1 Å². The molecule has 1 unspecified atom stereocenters. The Hall–Kier alpha value is -0.130. The number of aliphatic hydroxyl groups is 9. The van der Waals surface area contributed by atoms with Crippen LogP contribution in [0, 0.1) is 0 Å². The molecule has 5 fully saturated rings. The summed E-state index contributed by atoms with van der Waals surface area (Å²) >= 11 is 0. The minimum absolute atomic E-state index is 0. The van der Waals surface area contributed by atoms with Crippen molar-refractivity contribution in [3.05, 3.63) is 24.3 Å². The maximum Gasteiger partial charge on any atom is 1.00 e. The summed E-state index contributed by atoms with van der Waals surface area (Å²) in [6, 6.07) is 1.28. The second-order valence-corrected chi connectivity index (χ2v) is 29.1. The van der Waals surface area contributed by atoms with E-state index in [1.165, 1.54) is 12.1 Å². The van der Waals surface area contributed by atoms with E-state index in [4.69, 9.17) is 37.9 Å². The number of amides is 3. The molecule has 3 amide bonds. The Kier molecular flexibility index (Phi) is 41.9. The van der Waals surface area contributed by atoms with Crippen LogP contribution in [0.1, 0.15) is 46.0 Å². The average molecular weight is 1630 g/mol. The molecule has 5 saturated heterocycles. The molecular weight excluding hydrogens is 1560 g/mol. The van der Waals surface area contributed by atoms with Crippen molar-refractivity contribution in [1.82, 2.24) is 10.6 Å². The normalized spacial score (nSPS) is 32.6. The molecular formula is C48H70N4Na4O40S6. The first-order valence-electron chi connectivity index (χ1n) is 28.7. The van der Waals surface area contributed by atoms with Crippen LogP contribution in [-0.2, 0) is 120 Å². The zero-order chi connectivity index (χ0) is 73.1. The monoisotopic (exact) mass is 1630 g/mol. The molecule has 44 nitrogen and oxygen atoms in total. The molecule has 0 aliphatic carbocycles. The van der Waals surface area contributed by atoms with Crippen LogP contribution in [0.25, 0.3) is 0 Å². The molecule has 5 aliphatic rings. The van der Waals surface area contributed by atoms with Gasteiger partial charge < -0.3 is 134 Å². The largest absolute Gasteiger partial charge is 1.00 e. The van der Waals surface area contributed by atoms with Gasteiger partial charge in [-0.1, -0.05) is 34.1 Å². The maximum atomic E-state index is 13.2. The standard InChI is InChI=1S/C48H74N4O40S6.4Na/c1-17(53)50-27-38(36(91-97(75,76)77)24(15-82-95(69,70)71)84-45(27)81-14-23(56)30(59)29(58)22(55)13-49-19-6-5-7-20(12-19)52-26(57)9-4-3-8-21-10-11-93-94-21)86-48-35(64)33(62)40(42(90-48)44(67)68)88-46-28(51-18(2)54)39(87-47-34(63)31(60)32(61)41(89-47)43(65)66)37(92-98(78,79)80)25(85-46)16-83-96(72,73)74;;;;/h5-7,12,21-25,27-42,45-49,55-56,58-64H,3-4,8-11,13-16H2,1-2H3,(H,50,53)(H,51,54)(H,52,57)(H,65,66)(H,67,68)(H,69,70,71)(H,72,73,74)(H,75,76,77)(H,78,79,80);;;;/q;4*+1/p-4/t21?,22-,23+,24+,25+,27+,28+,29+,30+,31-,32-,33+,34+,35+,36-,37-,38+,39+,40-,41-,42-,45+,46-,47+,48+;;;;/m0..../s1. The number of carbonyl (C=O) groups excluding carboxylic acids is 3. The molecule has 54 heteroatoms. The van der Waals surface area contributed by atoms with E-state index in [-0.39, 0.29) is 131 Å². The zero-order valence-electron chi connectivity index (χ0n) is 54.5. The van der Waals surface area contributed by atoms with E-state index in [0.717, 1.165) is 31.9 Å². The number of carbonyl (C=O) groups is 5. The van der Waals surface area contributed by atoms with E-state index >= 15 is 0 Å². The van der Waals surface area contributed by atoms with E-state index in [0.29, 0.717) is 30.0 Å². The number of carboxylic acid groups (broad SMARTS) is 2. The van der Waals surface area contributed by atoms with Gasteiger partial charge in [-0.25, -0.2) is 43.3 Å². The maximum absolute atomic E-state index is 13.2. The second kappa shape index (κ2) is 43.6. The number of hydrogen-bond donors (Lipinski definition) is 15. The molecule has 0 bridgehead atoms. The molecule has 6 rings (SSSR count). The Morgan fingerprint density at radius 2 is 1.05 bits per heavy atom. The SMILES string of the molecule is CC(=O)N[C@H]1[C@H](O[C@H]2[C@H](O)[C@@H](O)[C@H](O[C@@H]3[C@@H](NC(C)=O)[C@H](OC[C@@H](O)[C@@H](O)[C@H](O)[C@@H](O)CNc4cccc(NC(=O)CCCCC5CCSS5)c4)O[C@H](COS(=O)(=O)[O-])[C@@H]3OS(=O)(=O)[O-])O[C@@H]2C(=O)O)O[C@H](COS(=O)(=O)[O-])[C@H](OS(=O)(=O)[O-])[C@@H]1O[C@@H]1O[C@H](C(=O)O)[C@@H](O)[C@H](O)[C@H]1O.[Na+].[Na+].[Na+].[Na+]. The Balaban J connectivity index is 0.00000884. The fraction of sp³-hybridized carbons (Fsp3) is 0.771. The Labute approximate surface area is 677 Å². The van der Waals surface area contributed by atoms with E-state index < -0.39 is 239 Å². The summed E-state index contributed by atoms with van der Waals surface area (Å²) in [5, 5.41) is 130. The number of benzene rings is 1. The molecule has 0 radical (unpaired) electrons. The molecule has 1 aromatic rings. The van der Waals surface area contributed by atoms with Gasteiger partial charge in [-0.2, -0.15) is 0 Å². The fourth-order valence-corrected chi connectivity index (χ4v) is 15.1. The van der Waals surface area contributed by atoms with E-state index in [9.17, 15) is 132 Å². The van der Waals surface area contributed by atoms with E-state index in [1.807, 2.05) is 26.9 Å². The van der Waals surface area contributed by atoms with Gasteiger partial charge >= 0.3 is 130 Å². The molecule has 1 aromatic carbocycles. The molecule has 15 N–H and O–H groups in total. The van der Waals surface area contributed by atoms with Crippen molar-refractivity contribution in [2.45, 2.75) is 198 Å². The van der Waals surface area contributed by atoms with Crippen molar-refractivity contribution in [2.24, 2.45) is 0 Å². The van der Waals surface area contributed by atoms with Crippen molar-refractivity contribution in [2.75, 3.05) is 42.8 Å². The number of aliphatic hydroxyl groups excluding tert-OH is 9. The number of unbranched alkanes of at least 4 members (excludes halogenated alkanes) is 1. The minimum atomic E-state index is -6.20. The molecule has 0 spiro atoms. The summed E-state index contributed by atoms with van der Waals surface area (Å²) in [5.74, 6) is -6.09. The number of hydrogen-bond acceptors (Lipinski definition) is 41. The summed E-state index contributed by atoms with van der Waals surface area (Å²) in [6.45, 7) is -3.97. The van der Waals surface area contributed by atoms with Crippen molar-refractivity contribution >= 4 is 104 Å². The first kappa shape index (κ1) is 97.9. The Bertz CT molecular complexity index is 3350. The minimum Gasteiger partial charge on any atom is -0.726 e. The van der Waals surface area contributed by atoms with Gasteiger partial charge in [0.1, 0.15) is 104 Å². The summed E-state index contributed by atoms with van der Waals surface area (Å²) in [7, 11) is -20.5. The van der Waals surface area contributed by atoms with Gasteiger partial charge in [-0.05, 0) is 37.5 Å². The number of nitrogens with one attached hydrogen (secondary N) is 4. The van der Waals surface area contributed by atoms with Gasteiger partial charge in [-0.15, -0.1) is 0 Å². The third kappa shape index (κ3) is 30.2. The molecule has 562 valence electrons. The van der Waals surface area contributed by atoms with Crippen LogP contribution >= 0.6 is 21.6 Å². The fourth-order valence-electron chi connectivity index (χ4n) is 10.4. The van der Waals surface area contributed by atoms with Crippen LogP contribution in [0.2, 0.25) is 0 Å². The van der Waals surface area contributed by atoms with Gasteiger partial charge in [0.2, 0.25) is 59.3 Å². The van der Waals surface area contributed by atoms with Gasteiger partial charge in [0.25, 0.3) is 0 Å². The van der Waals surface area contributed by atoms with Gasteiger partial charge in [0.05, 0.1) is 25.9 Å². The summed E-state index contributed by atoms with van der Waals surface area (Å²) in [6.07, 6.45) is -53.9. The zero-order valence-corrected chi connectivity index (χ0v) is 67.4. The number of ether oxygens (including phenoxy) is 8. The quantitative estimate of drug-likeness (QED) is 0.00986. The van der Waals surface area contributed by atoms with E-state index in [1.54, 1.807) is 12.1 Å². The summed E-state index contributed by atoms with van der Waals surface area (Å²) in [4.78, 5) is 63.6. The van der Waals surface area contributed by atoms with Crippen LogP contribution < -0.4 is 139 Å². The average Bonchev–Trinajstić information content (AvgIpc) is 0.792. The smallest absolute Gasteiger partial charge is 0.726 e. The predicted octanol–water partition coefficient (Wildman–Crippen LogP) is -21.1. The van der Waals surface area contributed by atoms with Crippen molar-refractivity contribution < 1.29 is 305 Å². The molecule has 25 atom stereocenters. The first-order chi connectivity index (χ1) is 45.5. The van der Waals surface area contributed by atoms with Crippen molar-refractivity contribution in [3.8, 4) is 0 Å². The predicted molar refractivity (Wildman–Crippen MR) is 311 cm³/mol. The number of anilines is 2. The molecule has 5 aliphatic heterocycles. The Morgan fingerprint density at radius 3 is 1.53 bits per heavy atom. The van der Waals surface area contributed by atoms with Crippen molar-refractivity contribution in [1.29, 1.82) is 0 Å². The van der Waals surface area contributed by atoms with Crippen LogP contribution in [-0.4, -0.2) is 322 Å². The number of aliphatic carboxylic acids is 2. The van der Waals surface area contributed by atoms with Crippen LogP contribution in [0.3, 0.4) is 0 Å². The summed E-state index contributed by atoms with van der Waals surface area (Å²) in [5.41, 5.74) is 0.646. The topological polar surface area (TPSA) is 696 Å². The summed E-state index contributed by atoms with van der Waals surface area (Å²) < 4.78 is 206. The third-order valence-corrected chi connectivity index (χ3v) is 19.6. The molecule has 102 heavy (non-hydrogen) atoms. The number of carboxylic acids is 2. The van der Waals surface area contributed by atoms with Crippen molar-refractivity contribution in [3.63, 3.8) is 0 Å². The first-order valence-corrected chi connectivity index (χ1v) is 36.5. The third-order valence-electron chi connectivity index (χ3n) is 14.9. The molecule has 5 heterocycles. The number of rotatable bonds is 35. The van der Waals surface area contributed by atoms with Crippen LogP contribution in [0.5, 0.6) is 0 Å². The van der Waals surface area contributed by atoms with E-state index in [2.05, 4.69) is 32.7 Å². The van der Waals surface area contributed by atoms with Crippen LogP contribution in [0.4, 0.5) is 11.4 Å². The Morgan fingerprint density at radius 1 is 0.578 bits per heavy atom. The molecule has 0 saturated carbocycles. The van der Waals surface area contributed by atoms with Gasteiger partial charge in [0.15, 0.2) is 37.4 Å². The van der Waals surface area contributed by atoms with Gasteiger partial charge in [0, 0.05) is 49.2 Å². The second-order valence-electron chi connectivity index (χ2n) is 22.2. The van der Waals surface area contributed by atoms with Crippen LogP contribution in [0.15, 0.2) is 24.3 Å².